The highest BCUT2D eigenvalue weighted by molar-refractivity contribution is 6.67. The summed E-state index contributed by atoms with van der Waals surface area (Å²) in [6.45, 7) is 0. The van der Waals surface area contributed by atoms with Crippen molar-refractivity contribution < 1.29 is 4.79 Å². The van der Waals surface area contributed by atoms with Crippen LogP contribution in [0.25, 0.3) is 0 Å². The smallest absolute Gasteiger partial charge is 0.260 e. The molecule has 0 saturated carbocycles. The Morgan fingerprint density at radius 2 is 2.18 bits per heavy atom. The van der Waals surface area contributed by atoms with E-state index in [4.69, 9.17) is 23.2 Å². The highest BCUT2D eigenvalue weighted by Gasteiger charge is 2.06. The molecule has 0 radical (unpaired) electrons. The monoisotopic (exact) mass is 191 g/mol. The highest BCUT2D eigenvalue weighted by atomic mass is 35.5. The molecule has 0 spiro atoms. The first-order chi connectivity index (χ1) is 5.11. The van der Waals surface area contributed by atoms with Crippen molar-refractivity contribution in [3.05, 3.63) is 33.2 Å². The van der Waals surface area contributed by atoms with Crippen molar-refractivity contribution in [2.45, 2.75) is 0 Å². The Hall–Kier alpha value is -0.800. The molecule has 0 bridgehead atoms. The summed E-state index contributed by atoms with van der Waals surface area (Å²) in [5.74, 6) is 0. The molecule has 0 aliphatic rings. The van der Waals surface area contributed by atoms with Gasteiger partial charge in [0.1, 0.15) is 5.56 Å². The third-order valence-corrected chi connectivity index (χ3v) is 1.50. The molecule has 58 valence electrons. The van der Waals surface area contributed by atoms with Gasteiger partial charge >= 0.3 is 0 Å². The molecule has 0 aliphatic carbocycles. The second-order valence-electron chi connectivity index (χ2n) is 1.83. The van der Waals surface area contributed by atoms with Crippen molar-refractivity contribution in [3.63, 3.8) is 0 Å². The van der Waals surface area contributed by atoms with Crippen LogP contribution in [-0.2, 0) is 0 Å². The van der Waals surface area contributed by atoms with Crippen molar-refractivity contribution in [2.75, 3.05) is 0 Å². The third kappa shape index (κ3) is 1.82. The maximum absolute atomic E-state index is 10.8. The number of pyridine rings is 1. The highest BCUT2D eigenvalue weighted by Crippen LogP contribution is 2.06. The van der Waals surface area contributed by atoms with Crippen LogP contribution in [0.2, 0.25) is 5.02 Å². The van der Waals surface area contributed by atoms with Crippen LogP contribution >= 0.6 is 23.2 Å². The largest absolute Gasteiger partial charge is 0.327 e. The molecular weight excluding hydrogens is 189 g/mol. The Labute approximate surface area is 71.9 Å². The molecule has 1 aromatic rings. The molecule has 11 heavy (non-hydrogen) atoms. The van der Waals surface area contributed by atoms with Gasteiger partial charge in [-0.05, 0) is 17.7 Å². The molecular formula is C6H3Cl2NO2. The normalized spacial score (nSPS) is 9.64. The van der Waals surface area contributed by atoms with Crippen LogP contribution in [0.5, 0.6) is 0 Å². The van der Waals surface area contributed by atoms with Crippen LogP contribution in [0.1, 0.15) is 10.4 Å². The number of H-pyrrole nitrogens is 1. The Bertz CT molecular complexity index is 345. The molecule has 0 atom stereocenters. The molecule has 1 aromatic heterocycles. The van der Waals surface area contributed by atoms with E-state index < -0.39 is 10.8 Å². The Morgan fingerprint density at radius 3 is 2.64 bits per heavy atom. The lowest BCUT2D eigenvalue weighted by molar-refractivity contribution is 0.108. The maximum atomic E-state index is 10.8. The first-order valence-corrected chi connectivity index (χ1v) is 3.45. The number of carbonyl (C=O) groups excluding carboxylic acids is 1. The van der Waals surface area contributed by atoms with Crippen LogP contribution in [0, 0.1) is 0 Å². The number of rotatable bonds is 1. The second-order valence-corrected chi connectivity index (χ2v) is 2.61. The summed E-state index contributed by atoms with van der Waals surface area (Å²) < 4.78 is 0. The summed E-state index contributed by atoms with van der Waals surface area (Å²) in [5, 5.41) is -0.539. The fourth-order valence-electron chi connectivity index (χ4n) is 0.603. The fourth-order valence-corrected chi connectivity index (χ4v) is 0.907. The molecule has 0 aromatic carbocycles. The third-order valence-electron chi connectivity index (χ3n) is 1.08. The first kappa shape index (κ1) is 8.30. The Kier molecular flexibility index (Phi) is 2.31. The predicted octanol–water partition coefficient (Wildman–Crippen LogP) is 1.41. The molecule has 1 N–H and O–H groups in total. The summed E-state index contributed by atoms with van der Waals surface area (Å²) in [6.07, 6.45) is 1.28. The summed E-state index contributed by atoms with van der Waals surface area (Å²) in [4.78, 5) is 23.6. The van der Waals surface area contributed by atoms with E-state index in [1.807, 2.05) is 0 Å². The number of aromatic nitrogens is 1. The van der Waals surface area contributed by atoms with E-state index in [9.17, 15) is 9.59 Å². The number of carbonyl (C=O) groups is 1. The first-order valence-electron chi connectivity index (χ1n) is 2.69. The second kappa shape index (κ2) is 3.07. The van der Waals surface area contributed by atoms with Crippen LogP contribution in [-0.4, -0.2) is 10.2 Å². The van der Waals surface area contributed by atoms with E-state index in [-0.39, 0.29) is 10.6 Å². The van der Waals surface area contributed by atoms with Gasteiger partial charge in [-0.25, -0.2) is 0 Å². The zero-order valence-electron chi connectivity index (χ0n) is 5.23. The van der Waals surface area contributed by atoms with Crippen molar-refractivity contribution in [3.8, 4) is 0 Å². The lowest BCUT2D eigenvalue weighted by Crippen LogP contribution is -2.13. The Morgan fingerprint density at radius 1 is 1.55 bits per heavy atom. The molecule has 3 nitrogen and oxygen atoms in total. The quantitative estimate of drug-likeness (QED) is 0.683. The van der Waals surface area contributed by atoms with Gasteiger partial charge in [0.05, 0.1) is 5.02 Å². The SMILES string of the molecule is O=C(Cl)c1cc(Cl)c[nH]c1=O. The molecule has 0 amide bonds. The predicted molar refractivity (Wildman–Crippen MR) is 42.3 cm³/mol. The number of halogens is 2. The van der Waals surface area contributed by atoms with Gasteiger partial charge in [-0.15, -0.1) is 0 Å². The summed E-state index contributed by atoms with van der Waals surface area (Å²) >= 11 is 10.5. The van der Waals surface area contributed by atoms with Crippen molar-refractivity contribution in [1.82, 2.24) is 4.98 Å². The fraction of sp³-hybridized carbons (Fsp3) is 0. The minimum Gasteiger partial charge on any atom is -0.327 e. The molecule has 0 aliphatic heterocycles. The summed E-state index contributed by atoms with van der Waals surface area (Å²) in [6, 6.07) is 1.22. The molecule has 5 heteroatoms. The maximum Gasteiger partial charge on any atom is 0.260 e. The van der Waals surface area contributed by atoms with Crippen molar-refractivity contribution in [2.24, 2.45) is 0 Å². The van der Waals surface area contributed by atoms with Gasteiger partial charge in [0, 0.05) is 6.20 Å². The van der Waals surface area contributed by atoms with E-state index in [0.29, 0.717) is 0 Å². The topological polar surface area (TPSA) is 49.9 Å². The average Bonchev–Trinajstić information content (AvgIpc) is 1.94. The van der Waals surface area contributed by atoms with E-state index in [0.717, 1.165) is 0 Å². The van der Waals surface area contributed by atoms with Crippen LogP contribution in [0.15, 0.2) is 17.1 Å². The van der Waals surface area contributed by atoms with Gasteiger partial charge in [0.2, 0.25) is 0 Å². The van der Waals surface area contributed by atoms with Crippen LogP contribution < -0.4 is 5.56 Å². The average molecular weight is 192 g/mol. The van der Waals surface area contributed by atoms with Gasteiger partial charge in [-0.1, -0.05) is 11.6 Å². The van der Waals surface area contributed by atoms with Crippen LogP contribution in [0.3, 0.4) is 0 Å². The number of aromatic amines is 1. The lowest BCUT2D eigenvalue weighted by Gasteiger charge is -1.91. The lowest BCUT2D eigenvalue weighted by atomic mass is 10.3. The molecule has 0 saturated heterocycles. The van der Waals surface area contributed by atoms with Gasteiger partial charge < -0.3 is 4.98 Å². The molecule has 1 heterocycles. The van der Waals surface area contributed by atoms with Crippen molar-refractivity contribution >= 4 is 28.4 Å². The standard InChI is InChI=1S/C6H3Cl2NO2/c7-3-1-4(5(8)10)6(11)9-2-3/h1-2H,(H,9,11). The number of hydrogen-bond donors (Lipinski definition) is 1. The number of nitrogens with one attached hydrogen (secondary N) is 1. The summed E-state index contributed by atoms with van der Waals surface area (Å²) in [7, 11) is 0. The van der Waals surface area contributed by atoms with E-state index >= 15 is 0 Å². The minimum atomic E-state index is -0.811. The minimum absolute atomic E-state index is 0.140. The molecule has 0 unspecified atom stereocenters. The Balaban J connectivity index is 3.35. The van der Waals surface area contributed by atoms with E-state index in [1.54, 1.807) is 0 Å². The summed E-state index contributed by atoms with van der Waals surface area (Å²) in [5.41, 5.74) is -0.673. The van der Waals surface area contributed by atoms with Gasteiger partial charge in [0.15, 0.2) is 0 Å². The zero-order valence-corrected chi connectivity index (χ0v) is 6.74. The molecule has 1 rings (SSSR count). The van der Waals surface area contributed by atoms with Crippen LogP contribution in [0.4, 0.5) is 0 Å². The van der Waals surface area contributed by atoms with Gasteiger partial charge in [-0.2, -0.15) is 0 Å². The number of hydrogen-bond acceptors (Lipinski definition) is 2. The zero-order chi connectivity index (χ0) is 8.43. The van der Waals surface area contributed by atoms with E-state index in [1.165, 1.54) is 12.3 Å². The van der Waals surface area contributed by atoms with Crippen molar-refractivity contribution in [1.29, 1.82) is 0 Å². The molecule has 0 fully saturated rings. The van der Waals surface area contributed by atoms with Gasteiger partial charge in [-0.3, -0.25) is 9.59 Å². The van der Waals surface area contributed by atoms with E-state index in [2.05, 4.69) is 4.98 Å². The van der Waals surface area contributed by atoms with Gasteiger partial charge in [0.25, 0.3) is 10.8 Å².